The van der Waals surface area contributed by atoms with Crippen molar-refractivity contribution in [1.29, 1.82) is 0 Å². The normalized spacial score (nSPS) is 11.2. The van der Waals surface area contributed by atoms with E-state index in [9.17, 15) is 19.2 Å². The fraction of sp³-hybridized carbons (Fsp3) is 0.286. The van der Waals surface area contributed by atoms with Crippen LogP contribution in [0, 0.1) is 0 Å². The lowest BCUT2D eigenvalue weighted by Crippen LogP contribution is -2.33. The number of aliphatic carboxylic acids is 4. The van der Waals surface area contributed by atoms with Crippen molar-refractivity contribution in [3.63, 3.8) is 0 Å². The molecule has 0 saturated carbocycles. The standard InChI is InChI=1S/C21H21N5O8S2/c27-18(28)6-25(7-19(29)30)4-16-23-14(10-35-16)12-2-1-3-13(22-12)15-11-36-17(24-15)5-26(8-20(31)32)9-21(33)34/h1-3,10-11H,4-9H2,(H,27,28)(H,29,30)(H,31,32)(H,33,34). The maximum absolute atomic E-state index is 11.0. The van der Waals surface area contributed by atoms with Crippen molar-refractivity contribution in [1.82, 2.24) is 24.8 Å². The third kappa shape index (κ3) is 8.16. The minimum absolute atomic E-state index is 0.0571. The third-order valence-electron chi connectivity index (χ3n) is 4.53. The van der Waals surface area contributed by atoms with E-state index in [2.05, 4.69) is 15.0 Å². The van der Waals surface area contributed by atoms with Gasteiger partial charge >= 0.3 is 23.9 Å². The van der Waals surface area contributed by atoms with Gasteiger partial charge in [0.15, 0.2) is 0 Å². The van der Waals surface area contributed by atoms with Crippen LogP contribution in [0.25, 0.3) is 22.8 Å². The number of thiazole rings is 2. The van der Waals surface area contributed by atoms with Crippen LogP contribution >= 0.6 is 22.7 Å². The second-order valence-corrected chi connectivity index (χ2v) is 9.41. The average molecular weight is 536 g/mol. The van der Waals surface area contributed by atoms with E-state index in [1.807, 2.05) is 0 Å². The highest BCUT2D eigenvalue weighted by Crippen LogP contribution is 2.26. The smallest absolute Gasteiger partial charge is 0.317 e. The first-order valence-electron chi connectivity index (χ1n) is 10.3. The lowest BCUT2D eigenvalue weighted by molar-refractivity contribution is -0.144. The van der Waals surface area contributed by atoms with E-state index in [4.69, 9.17) is 20.4 Å². The summed E-state index contributed by atoms with van der Waals surface area (Å²) in [5.74, 6) is -4.56. The zero-order valence-electron chi connectivity index (χ0n) is 18.6. The zero-order valence-corrected chi connectivity index (χ0v) is 20.2. The predicted molar refractivity (Wildman–Crippen MR) is 128 cm³/mol. The Morgan fingerprint density at radius 3 is 1.31 bits per heavy atom. The molecule has 0 aromatic carbocycles. The van der Waals surface area contributed by atoms with Crippen LogP contribution in [0.3, 0.4) is 0 Å². The summed E-state index contributed by atoms with van der Waals surface area (Å²) in [7, 11) is 0. The first kappa shape index (κ1) is 26.8. The highest BCUT2D eigenvalue weighted by atomic mass is 32.1. The summed E-state index contributed by atoms with van der Waals surface area (Å²) in [6.07, 6.45) is 0. The topological polar surface area (TPSA) is 194 Å². The van der Waals surface area contributed by atoms with Gasteiger partial charge in [-0.05, 0) is 12.1 Å². The fourth-order valence-electron chi connectivity index (χ4n) is 3.21. The molecule has 0 aliphatic carbocycles. The van der Waals surface area contributed by atoms with Crippen molar-refractivity contribution in [3.05, 3.63) is 39.0 Å². The van der Waals surface area contributed by atoms with Crippen LogP contribution in [-0.4, -0.2) is 95.2 Å². The molecule has 0 amide bonds. The van der Waals surface area contributed by atoms with Crippen LogP contribution in [-0.2, 0) is 32.3 Å². The number of nitrogens with zero attached hydrogens (tertiary/aromatic N) is 5. The van der Waals surface area contributed by atoms with E-state index in [0.29, 0.717) is 32.8 Å². The molecule has 0 fully saturated rings. The third-order valence-corrected chi connectivity index (χ3v) is 6.20. The number of rotatable bonds is 14. The Labute approximate surface area is 211 Å². The number of hydrogen-bond acceptors (Lipinski definition) is 11. The van der Waals surface area contributed by atoms with Crippen molar-refractivity contribution in [2.24, 2.45) is 0 Å². The first-order chi connectivity index (χ1) is 17.1. The van der Waals surface area contributed by atoms with Crippen molar-refractivity contribution in [3.8, 4) is 22.8 Å². The SMILES string of the molecule is O=C(O)CN(CC(=O)O)Cc1nc(-c2cccc(-c3csc(CN(CC(=O)O)CC(=O)O)n3)n2)cs1. The molecule has 4 N–H and O–H groups in total. The number of carbonyl (C=O) groups is 4. The molecule has 15 heteroatoms. The monoisotopic (exact) mass is 535 g/mol. The van der Waals surface area contributed by atoms with Gasteiger partial charge in [-0.3, -0.25) is 29.0 Å². The molecule has 0 unspecified atom stereocenters. The van der Waals surface area contributed by atoms with Gasteiger partial charge in [0, 0.05) is 10.8 Å². The summed E-state index contributed by atoms with van der Waals surface area (Å²) < 4.78 is 0. The van der Waals surface area contributed by atoms with Gasteiger partial charge in [0.05, 0.1) is 62.0 Å². The van der Waals surface area contributed by atoms with Crippen molar-refractivity contribution in [2.75, 3.05) is 26.2 Å². The Kier molecular flexibility index (Phi) is 9.13. The molecule has 0 bridgehead atoms. The summed E-state index contributed by atoms with van der Waals surface area (Å²) in [5.41, 5.74) is 2.14. The van der Waals surface area contributed by atoms with Crippen molar-refractivity contribution < 1.29 is 39.6 Å². The van der Waals surface area contributed by atoms with Crippen LogP contribution in [0.5, 0.6) is 0 Å². The number of hydrogen-bond donors (Lipinski definition) is 4. The van der Waals surface area contributed by atoms with Gasteiger partial charge in [-0.2, -0.15) is 0 Å². The van der Waals surface area contributed by atoms with Gasteiger partial charge in [-0.1, -0.05) is 6.07 Å². The van der Waals surface area contributed by atoms with E-state index in [1.165, 1.54) is 32.5 Å². The molecular weight excluding hydrogens is 514 g/mol. The molecule has 0 atom stereocenters. The molecule has 0 aliphatic heterocycles. The molecule has 0 saturated heterocycles. The fourth-order valence-corrected chi connectivity index (χ4v) is 4.86. The Hall–Kier alpha value is -3.79. The van der Waals surface area contributed by atoms with Crippen molar-refractivity contribution >= 4 is 46.6 Å². The molecular formula is C21H21N5O8S2. The van der Waals surface area contributed by atoms with E-state index in [-0.39, 0.29) is 13.1 Å². The van der Waals surface area contributed by atoms with Gasteiger partial charge in [0.25, 0.3) is 0 Å². The lowest BCUT2D eigenvalue weighted by Gasteiger charge is -2.15. The summed E-state index contributed by atoms with van der Waals surface area (Å²) in [6.45, 7) is -1.62. The number of pyridine rings is 1. The minimum atomic E-state index is -1.14. The molecule has 3 aromatic heterocycles. The second-order valence-electron chi connectivity index (χ2n) is 7.53. The maximum atomic E-state index is 11.0. The summed E-state index contributed by atoms with van der Waals surface area (Å²) in [6, 6.07) is 5.24. The number of carboxylic acid groups (broad SMARTS) is 4. The van der Waals surface area contributed by atoms with Crippen molar-refractivity contribution in [2.45, 2.75) is 13.1 Å². The summed E-state index contributed by atoms with van der Waals surface area (Å²) in [4.78, 5) is 60.1. The molecule has 190 valence electrons. The van der Waals surface area contributed by atoms with Crippen LogP contribution in [0.15, 0.2) is 29.0 Å². The van der Waals surface area contributed by atoms with Gasteiger partial charge in [0.2, 0.25) is 0 Å². The quantitative estimate of drug-likeness (QED) is 0.231. The highest BCUT2D eigenvalue weighted by molar-refractivity contribution is 7.10. The van der Waals surface area contributed by atoms with Crippen LogP contribution in [0.1, 0.15) is 10.0 Å². The average Bonchev–Trinajstić information content (AvgIpc) is 3.42. The number of carboxylic acids is 4. The number of aromatic nitrogens is 3. The molecule has 3 heterocycles. The molecule has 0 aliphatic rings. The minimum Gasteiger partial charge on any atom is -0.480 e. The molecule has 0 spiro atoms. The zero-order chi connectivity index (χ0) is 26.2. The molecule has 36 heavy (non-hydrogen) atoms. The van der Waals surface area contributed by atoms with Gasteiger partial charge in [-0.25, -0.2) is 15.0 Å². The Morgan fingerprint density at radius 1 is 0.611 bits per heavy atom. The molecule has 0 radical (unpaired) electrons. The van der Waals surface area contributed by atoms with Crippen LogP contribution < -0.4 is 0 Å². The summed E-state index contributed by atoms with van der Waals surface area (Å²) >= 11 is 2.51. The predicted octanol–water partition coefficient (Wildman–Crippen LogP) is 1.27. The maximum Gasteiger partial charge on any atom is 0.317 e. The first-order valence-corrected chi connectivity index (χ1v) is 12.0. The van der Waals surface area contributed by atoms with Crippen LogP contribution in [0.2, 0.25) is 0 Å². The van der Waals surface area contributed by atoms with E-state index in [0.717, 1.165) is 0 Å². The van der Waals surface area contributed by atoms with Crippen LogP contribution in [0.4, 0.5) is 0 Å². The Bertz CT molecular complexity index is 1140. The summed E-state index contributed by atoms with van der Waals surface area (Å²) in [5, 5.41) is 40.6. The largest absolute Gasteiger partial charge is 0.480 e. The molecule has 13 nitrogen and oxygen atoms in total. The second kappa shape index (κ2) is 12.3. The van der Waals surface area contributed by atoms with E-state index in [1.54, 1.807) is 29.0 Å². The Morgan fingerprint density at radius 2 is 0.972 bits per heavy atom. The highest BCUT2D eigenvalue weighted by Gasteiger charge is 2.18. The lowest BCUT2D eigenvalue weighted by atomic mass is 10.2. The van der Waals surface area contributed by atoms with E-state index >= 15 is 0 Å². The molecule has 3 aromatic rings. The van der Waals surface area contributed by atoms with Gasteiger partial charge < -0.3 is 20.4 Å². The van der Waals surface area contributed by atoms with Gasteiger partial charge in [0.1, 0.15) is 10.0 Å². The molecule has 3 rings (SSSR count). The van der Waals surface area contributed by atoms with E-state index < -0.39 is 50.1 Å². The Balaban J connectivity index is 1.74. The van der Waals surface area contributed by atoms with Gasteiger partial charge in [-0.15, -0.1) is 22.7 Å².